The normalized spacial score (nSPS) is 13.3. The fourth-order valence-electron chi connectivity index (χ4n) is 10.4. The van der Waals surface area contributed by atoms with Crippen molar-refractivity contribution in [2.24, 2.45) is 0 Å². The van der Waals surface area contributed by atoms with Crippen LogP contribution in [-0.2, 0) is 4.74 Å². The maximum Gasteiger partial charge on any atom is 0.159 e. The van der Waals surface area contributed by atoms with Crippen LogP contribution >= 0.6 is 0 Å². The highest BCUT2D eigenvalue weighted by Crippen LogP contribution is 2.49. The predicted octanol–water partition coefficient (Wildman–Crippen LogP) is 19.7. The van der Waals surface area contributed by atoms with E-state index in [0.29, 0.717) is 0 Å². The van der Waals surface area contributed by atoms with E-state index in [4.69, 9.17) is 9.15 Å². The largest absolute Gasteiger partial charge is 0.455 e. The van der Waals surface area contributed by atoms with Crippen LogP contribution in [0.15, 0.2) is 179 Å². The first-order valence-electron chi connectivity index (χ1n) is 25.9. The molecule has 0 saturated carbocycles. The van der Waals surface area contributed by atoms with Crippen molar-refractivity contribution in [2.45, 2.75) is 116 Å². The lowest BCUT2D eigenvalue weighted by molar-refractivity contribution is 0.301. The van der Waals surface area contributed by atoms with Crippen molar-refractivity contribution >= 4 is 78.0 Å². The van der Waals surface area contributed by atoms with E-state index >= 15 is 0 Å². The molecule has 2 heterocycles. The number of anilines is 4. The number of hydrogen-bond acceptors (Lipinski definition) is 4. The van der Waals surface area contributed by atoms with Gasteiger partial charge in [-0.1, -0.05) is 182 Å². The number of benzene rings is 7. The zero-order valence-corrected chi connectivity index (χ0v) is 44.9. The van der Waals surface area contributed by atoms with E-state index in [1.165, 1.54) is 60.2 Å². The smallest absolute Gasteiger partial charge is 0.159 e. The van der Waals surface area contributed by atoms with Crippen LogP contribution in [0.2, 0.25) is 0 Å². The first-order chi connectivity index (χ1) is 34.5. The maximum absolute atomic E-state index is 7.02. The molecule has 1 aliphatic heterocycles. The quantitative estimate of drug-likeness (QED) is 0.137. The molecular weight excluding hydrogens is 865 g/mol. The topological polar surface area (TPSA) is 28.9 Å². The van der Waals surface area contributed by atoms with Gasteiger partial charge in [-0.3, -0.25) is 0 Å². The second-order valence-corrected chi connectivity index (χ2v) is 17.9. The van der Waals surface area contributed by atoms with Gasteiger partial charge in [0.2, 0.25) is 0 Å². The Labute approximate surface area is 424 Å². The minimum absolute atomic E-state index is 0.761. The van der Waals surface area contributed by atoms with Gasteiger partial charge in [0, 0.05) is 39.5 Å². The van der Waals surface area contributed by atoms with Gasteiger partial charge in [-0.2, -0.15) is 0 Å². The Morgan fingerprint density at radius 1 is 0.634 bits per heavy atom. The molecule has 0 bridgehead atoms. The van der Waals surface area contributed by atoms with Gasteiger partial charge >= 0.3 is 0 Å². The van der Waals surface area contributed by atoms with Crippen molar-refractivity contribution in [1.82, 2.24) is 0 Å². The lowest BCUT2D eigenvalue weighted by atomic mass is 9.91. The third kappa shape index (κ3) is 9.29. The van der Waals surface area contributed by atoms with Crippen LogP contribution in [0.5, 0.6) is 0 Å². The fourth-order valence-corrected chi connectivity index (χ4v) is 10.4. The summed E-state index contributed by atoms with van der Waals surface area (Å²) in [7, 11) is 0. The molecule has 0 radical (unpaired) electrons. The predicted molar refractivity (Wildman–Crippen MR) is 311 cm³/mol. The molecule has 0 spiro atoms. The van der Waals surface area contributed by atoms with Crippen LogP contribution < -0.4 is 15.0 Å². The van der Waals surface area contributed by atoms with Gasteiger partial charge in [-0.05, 0) is 140 Å². The zero-order chi connectivity index (χ0) is 51.3. The van der Waals surface area contributed by atoms with E-state index in [0.717, 1.165) is 104 Å². The van der Waals surface area contributed by atoms with Gasteiger partial charge in [-0.15, -0.1) is 0 Å². The Morgan fingerprint density at radius 3 is 1.90 bits per heavy atom. The van der Waals surface area contributed by atoms with Gasteiger partial charge in [0.05, 0.1) is 22.8 Å². The monoisotopic (exact) mass is 939 g/mol. The van der Waals surface area contributed by atoms with Crippen LogP contribution in [0.25, 0.3) is 55.3 Å². The van der Waals surface area contributed by atoms with E-state index < -0.39 is 0 Å². The molecule has 364 valence electrons. The molecule has 2 aliphatic rings. The van der Waals surface area contributed by atoms with E-state index in [2.05, 4.69) is 199 Å². The number of rotatable bonds is 10. The highest BCUT2D eigenvalue weighted by Gasteiger charge is 2.31. The maximum atomic E-state index is 7.02. The summed E-state index contributed by atoms with van der Waals surface area (Å²) in [6, 6.07) is 40.4. The molecule has 0 amide bonds. The standard InChI is InChI=1S/C61H56N2O2.3C2H6/c1-11-42-35-43(12-2)60(64-58(42)36(4)5)50(13-3)62(51-30-23-37(6)33-40(51)9)53-21-15-18-44-25-28-49-54(32-27-45-26-29-48(53)56(44)57(45)49)63(52-31-24-38(7)34-41(52)10)55-22-16-20-47-46-19-14-17-39(8)59(46)65-61(47)55;3*1-2/h11,13-14,16-34H,1,4,12,15,35H2,2-3,5-10H3;3*1-2H3/b50-13+;;;. The molecule has 0 fully saturated rings. The van der Waals surface area contributed by atoms with Gasteiger partial charge in [0.25, 0.3) is 0 Å². The summed E-state index contributed by atoms with van der Waals surface area (Å²) in [6.45, 7) is 37.8. The molecular formula is C67H74N2O2. The number of allylic oxidation sites excluding steroid dienone is 6. The molecule has 0 N–H and O–H groups in total. The highest BCUT2D eigenvalue weighted by molar-refractivity contribution is 6.20. The first kappa shape index (κ1) is 51.5. The Bertz CT molecular complexity index is 3510. The van der Waals surface area contributed by atoms with E-state index in [1.807, 2.05) is 54.5 Å². The molecule has 7 aromatic carbocycles. The van der Waals surface area contributed by atoms with Crippen LogP contribution in [0.4, 0.5) is 22.7 Å². The minimum atomic E-state index is 0.761. The Morgan fingerprint density at radius 2 is 1.27 bits per heavy atom. The SMILES string of the molecule is C=CC1=C(C(=C)C)OC(/C(=C\C)N(C2=CCC=c3ccc4c(N(c5ccc(C)cc5C)c5cccc6c5oc5c(C)cccc56)ccc5ccc2c3c54)c2ccc(C)cc2C)=C(CC)C1.CC.CC.CC. The lowest BCUT2D eigenvalue weighted by Crippen LogP contribution is -2.26. The average molecular weight is 939 g/mol. The van der Waals surface area contributed by atoms with Crippen molar-refractivity contribution < 1.29 is 9.15 Å². The fraction of sp³-hybridized carbons (Fsp3) is 0.254. The van der Waals surface area contributed by atoms with E-state index in [9.17, 15) is 0 Å². The van der Waals surface area contributed by atoms with Crippen molar-refractivity contribution in [3.8, 4) is 0 Å². The van der Waals surface area contributed by atoms with Crippen molar-refractivity contribution in [3.63, 3.8) is 0 Å². The highest BCUT2D eigenvalue weighted by atomic mass is 16.5. The number of furan rings is 1. The average Bonchev–Trinajstić information content (AvgIpc) is 3.68. The molecule has 71 heavy (non-hydrogen) atoms. The summed E-state index contributed by atoms with van der Waals surface area (Å²) in [5.41, 5.74) is 18.6. The molecule has 8 aromatic rings. The number of nitrogens with zero attached hydrogens (tertiary/aromatic N) is 2. The van der Waals surface area contributed by atoms with Crippen molar-refractivity contribution in [1.29, 1.82) is 0 Å². The molecule has 4 nitrogen and oxygen atoms in total. The molecule has 0 saturated heterocycles. The second-order valence-electron chi connectivity index (χ2n) is 17.9. The van der Waals surface area contributed by atoms with Crippen LogP contribution in [-0.4, -0.2) is 0 Å². The van der Waals surface area contributed by atoms with Crippen molar-refractivity contribution in [3.05, 3.63) is 213 Å². The Kier molecular flexibility index (Phi) is 16.1. The zero-order valence-electron chi connectivity index (χ0n) is 44.9. The third-order valence-electron chi connectivity index (χ3n) is 13.5. The van der Waals surface area contributed by atoms with Gasteiger partial charge in [0.15, 0.2) is 11.3 Å². The third-order valence-corrected chi connectivity index (χ3v) is 13.5. The van der Waals surface area contributed by atoms with E-state index in [1.54, 1.807) is 0 Å². The minimum Gasteiger partial charge on any atom is -0.455 e. The van der Waals surface area contributed by atoms with Crippen LogP contribution in [0.1, 0.15) is 115 Å². The summed E-state index contributed by atoms with van der Waals surface area (Å²) >= 11 is 0. The van der Waals surface area contributed by atoms with Gasteiger partial charge in [0.1, 0.15) is 11.3 Å². The van der Waals surface area contributed by atoms with Crippen LogP contribution in [0.3, 0.4) is 0 Å². The number of aryl methyl sites for hydroxylation is 5. The molecule has 4 heteroatoms. The summed E-state index contributed by atoms with van der Waals surface area (Å²) < 4.78 is 13.9. The number of hydrogen-bond donors (Lipinski definition) is 0. The molecule has 1 aromatic heterocycles. The first-order valence-corrected chi connectivity index (χ1v) is 25.9. The van der Waals surface area contributed by atoms with Gasteiger partial charge < -0.3 is 19.0 Å². The summed E-state index contributed by atoms with van der Waals surface area (Å²) in [5.74, 6) is 1.68. The number of fused-ring (bicyclic) bond motifs is 3. The molecule has 0 unspecified atom stereocenters. The molecule has 0 atom stereocenters. The van der Waals surface area contributed by atoms with E-state index in [-0.39, 0.29) is 0 Å². The number of ether oxygens (including phenoxy) is 1. The molecule has 1 aliphatic carbocycles. The Hall–Kier alpha value is -7.30. The summed E-state index contributed by atoms with van der Waals surface area (Å²) in [5, 5.41) is 8.30. The van der Waals surface area contributed by atoms with Crippen molar-refractivity contribution in [2.75, 3.05) is 9.80 Å². The van der Waals surface area contributed by atoms with Gasteiger partial charge in [-0.25, -0.2) is 0 Å². The Balaban J connectivity index is 0.00000119. The summed E-state index contributed by atoms with van der Waals surface area (Å²) in [4.78, 5) is 4.88. The lowest BCUT2D eigenvalue weighted by Gasteiger charge is -2.36. The number of para-hydroxylation sites is 2. The molecule has 10 rings (SSSR count). The second kappa shape index (κ2) is 22.2. The summed E-state index contributed by atoms with van der Waals surface area (Å²) in [6.07, 6.45) is 11.3. The van der Waals surface area contributed by atoms with Crippen LogP contribution in [0, 0.1) is 34.6 Å².